The molecule has 0 radical (unpaired) electrons. The van der Waals surface area contributed by atoms with Gasteiger partial charge in [0.15, 0.2) is 0 Å². The summed E-state index contributed by atoms with van der Waals surface area (Å²) in [5, 5.41) is 6.48. The Morgan fingerprint density at radius 2 is 1.94 bits per heavy atom. The van der Waals surface area contributed by atoms with Crippen LogP contribution in [0.2, 0.25) is 0 Å². The lowest BCUT2D eigenvalue weighted by atomic mass is 9.96. The molecule has 0 N–H and O–H groups in total. The normalized spacial score (nSPS) is 11.6. The van der Waals surface area contributed by atoms with Crippen LogP contribution in [0.1, 0.15) is 18.1 Å². The lowest BCUT2D eigenvalue weighted by Crippen LogP contribution is -2.01. The fraction of sp³-hybridized carbons (Fsp3) is 0.188. The van der Waals surface area contributed by atoms with Crippen LogP contribution in [0.5, 0.6) is 0 Å². The minimum atomic E-state index is 0.830. The Kier molecular flexibility index (Phi) is 3.78. The standard InChI is InChI=1S/C16H17NO/c1-4-7-15-10-13-8-5-6-9-14(13)11-16(15)12(2)17-18-3/h4-6,8-11H,1,7H2,2-3H3/b17-12+. The Morgan fingerprint density at radius 3 is 2.56 bits per heavy atom. The molecule has 0 atom stereocenters. The SMILES string of the molecule is C=CCc1cc2ccccc2cc1/C(C)=N/OC. The van der Waals surface area contributed by atoms with Crippen LogP contribution in [0, 0.1) is 0 Å². The van der Waals surface area contributed by atoms with E-state index in [2.05, 4.69) is 42.1 Å². The summed E-state index contributed by atoms with van der Waals surface area (Å²) >= 11 is 0. The van der Waals surface area contributed by atoms with E-state index >= 15 is 0 Å². The van der Waals surface area contributed by atoms with Crippen molar-refractivity contribution >= 4 is 16.5 Å². The first-order valence-corrected chi connectivity index (χ1v) is 5.97. The summed E-state index contributed by atoms with van der Waals surface area (Å²) in [6.07, 6.45) is 2.74. The number of nitrogens with zero attached hydrogens (tertiary/aromatic N) is 1. The van der Waals surface area contributed by atoms with Crippen LogP contribution >= 0.6 is 0 Å². The fourth-order valence-electron chi connectivity index (χ4n) is 2.13. The van der Waals surface area contributed by atoms with Gasteiger partial charge in [-0.1, -0.05) is 41.6 Å². The lowest BCUT2D eigenvalue weighted by Gasteiger charge is -2.09. The Bertz CT molecular complexity index is 599. The highest BCUT2D eigenvalue weighted by molar-refractivity contribution is 6.03. The molecule has 2 heteroatoms. The molecule has 0 unspecified atom stereocenters. The molecule has 0 aliphatic carbocycles. The maximum atomic E-state index is 4.87. The zero-order valence-corrected chi connectivity index (χ0v) is 10.8. The van der Waals surface area contributed by atoms with Crippen molar-refractivity contribution in [1.82, 2.24) is 0 Å². The monoisotopic (exact) mass is 239 g/mol. The Labute approximate surface area is 108 Å². The molecule has 0 amide bonds. The third kappa shape index (κ3) is 2.43. The Morgan fingerprint density at radius 1 is 1.28 bits per heavy atom. The van der Waals surface area contributed by atoms with Crippen molar-refractivity contribution in [3.63, 3.8) is 0 Å². The van der Waals surface area contributed by atoms with E-state index in [0.717, 1.165) is 17.7 Å². The molecule has 0 spiro atoms. The van der Waals surface area contributed by atoms with Crippen molar-refractivity contribution < 1.29 is 4.84 Å². The topological polar surface area (TPSA) is 21.6 Å². The highest BCUT2D eigenvalue weighted by Gasteiger charge is 2.07. The molecule has 92 valence electrons. The minimum Gasteiger partial charge on any atom is -0.399 e. The number of benzene rings is 2. The molecular formula is C16H17NO. The van der Waals surface area contributed by atoms with Crippen LogP contribution in [-0.2, 0) is 11.3 Å². The van der Waals surface area contributed by atoms with Gasteiger partial charge in [-0.2, -0.15) is 0 Å². The van der Waals surface area contributed by atoms with Crippen LogP contribution in [0.15, 0.2) is 54.2 Å². The lowest BCUT2D eigenvalue weighted by molar-refractivity contribution is 0.213. The number of fused-ring (bicyclic) bond motifs is 1. The predicted molar refractivity (Wildman–Crippen MR) is 77.1 cm³/mol. The van der Waals surface area contributed by atoms with Gasteiger partial charge < -0.3 is 4.84 Å². The van der Waals surface area contributed by atoms with Crippen LogP contribution in [0.3, 0.4) is 0 Å². The van der Waals surface area contributed by atoms with Gasteiger partial charge in [0.05, 0.1) is 5.71 Å². The minimum absolute atomic E-state index is 0.830. The van der Waals surface area contributed by atoms with Gasteiger partial charge >= 0.3 is 0 Å². The van der Waals surface area contributed by atoms with Crippen molar-refractivity contribution in [2.75, 3.05) is 7.11 Å². The fourth-order valence-corrected chi connectivity index (χ4v) is 2.13. The van der Waals surface area contributed by atoms with Crippen molar-refractivity contribution in [3.05, 3.63) is 60.2 Å². The first kappa shape index (κ1) is 12.4. The van der Waals surface area contributed by atoms with E-state index in [1.54, 1.807) is 7.11 Å². The molecule has 2 nitrogen and oxygen atoms in total. The molecule has 0 saturated heterocycles. The summed E-state index contributed by atoms with van der Waals surface area (Å²) in [4.78, 5) is 4.87. The van der Waals surface area contributed by atoms with Gasteiger partial charge in [0.1, 0.15) is 7.11 Å². The summed E-state index contributed by atoms with van der Waals surface area (Å²) in [5.74, 6) is 0. The third-order valence-electron chi connectivity index (χ3n) is 2.95. The zero-order valence-electron chi connectivity index (χ0n) is 10.8. The summed E-state index contributed by atoms with van der Waals surface area (Å²) in [5.41, 5.74) is 3.23. The number of allylic oxidation sites excluding steroid dienone is 1. The molecule has 0 aliphatic rings. The van der Waals surface area contributed by atoms with E-state index < -0.39 is 0 Å². The van der Waals surface area contributed by atoms with Crippen molar-refractivity contribution in [2.24, 2.45) is 5.16 Å². The Hall–Kier alpha value is -2.09. The molecule has 0 fully saturated rings. The van der Waals surface area contributed by atoms with Crippen molar-refractivity contribution in [1.29, 1.82) is 0 Å². The largest absolute Gasteiger partial charge is 0.399 e. The summed E-state index contributed by atoms with van der Waals surface area (Å²) in [6.45, 7) is 5.77. The van der Waals surface area contributed by atoms with Crippen LogP contribution in [0.25, 0.3) is 10.8 Å². The van der Waals surface area contributed by atoms with Gasteiger partial charge in [-0.05, 0) is 35.7 Å². The van der Waals surface area contributed by atoms with E-state index in [-0.39, 0.29) is 0 Å². The molecule has 2 aromatic carbocycles. The first-order chi connectivity index (χ1) is 8.76. The molecule has 0 saturated carbocycles. The van der Waals surface area contributed by atoms with Gasteiger partial charge in [-0.3, -0.25) is 0 Å². The first-order valence-electron chi connectivity index (χ1n) is 5.97. The highest BCUT2D eigenvalue weighted by Crippen LogP contribution is 2.21. The number of hydrogen-bond donors (Lipinski definition) is 0. The second-order valence-corrected chi connectivity index (χ2v) is 4.21. The Balaban J connectivity index is 2.64. The third-order valence-corrected chi connectivity index (χ3v) is 2.95. The number of rotatable bonds is 4. The molecule has 18 heavy (non-hydrogen) atoms. The smallest absolute Gasteiger partial charge is 0.106 e. The van der Waals surface area contributed by atoms with Gasteiger partial charge in [0.25, 0.3) is 0 Å². The number of oxime groups is 1. The van der Waals surface area contributed by atoms with Gasteiger partial charge in [-0.25, -0.2) is 0 Å². The van der Waals surface area contributed by atoms with Crippen molar-refractivity contribution in [2.45, 2.75) is 13.3 Å². The maximum Gasteiger partial charge on any atom is 0.106 e. The highest BCUT2D eigenvalue weighted by atomic mass is 16.6. The quantitative estimate of drug-likeness (QED) is 0.450. The average molecular weight is 239 g/mol. The van der Waals surface area contributed by atoms with E-state index in [1.165, 1.54) is 16.3 Å². The van der Waals surface area contributed by atoms with Crippen LogP contribution in [-0.4, -0.2) is 12.8 Å². The maximum absolute atomic E-state index is 4.87. The second kappa shape index (κ2) is 5.50. The van der Waals surface area contributed by atoms with Crippen LogP contribution in [0.4, 0.5) is 0 Å². The molecular weight excluding hydrogens is 222 g/mol. The zero-order chi connectivity index (χ0) is 13.0. The predicted octanol–water partition coefficient (Wildman–Crippen LogP) is 3.94. The second-order valence-electron chi connectivity index (χ2n) is 4.21. The van der Waals surface area contributed by atoms with Crippen molar-refractivity contribution in [3.8, 4) is 0 Å². The molecule has 2 rings (SSSR count). The van der Waals surface area contributed by atoms with E-state index in [1.807, 2.05) is 19.1 Å². The molecule has 2 aromatic rings. The van der Waals surface area contributed by atoms with E-state index in [9.17, 15) is 0 Å². The number of hydrogen-bond acceptors (Lipinski definition) is 2. The molecule has 0 bridgehead atoms. The molecule has 0 heterocycles. The van der Waals surface area contributed by atoms with Gasteiger partial charge in [0.2, 0.25) is 0 Å². The van der Waals surface area contributed by atoms with E-state index in [4.69, 9.17) is 4.84 Å². The van der Waals surface area contributed by atoms with Gasteiger partial charge in [-0.15, -0.1) is 6.58 Å². The molecule has 0 aliphatic heterocycles. The van der Waals surface area contributed by atoms with Crippen LogP contribution < -0.4 is 0 Å². The summed E-state index contributed by atoms with van der Waals surface area (Å²) in [7, 11) is 1.57. The van der Waals surface area contributed by atoms with Gasteiger partial charge in [0, 0.05) is 5.56 Å². The summed E-state index contributed by atoms with van der Waals surface area (Å²) < 4.78 is 0. The average Bonchev–Trinajstić information content (AvgIpc) is 2.38. The molecule has 0 aromatic heterocycles. The summed E-state index contributed by atoms with van der Waals surface area (Å²) in [6, 6.07) is 12.7. The van der Waals surface area contributed by atoms with E-state index in [0.29, 0.717) is 0 Å².